The first-order valence-corrected chi connectivity index (χ1v) is 9.88. The molecule has 4 rings (SSSR count). The van der Waals surface area contributed by atoms with Gasteiger partial charge in [-0.25, -0.2) is 0 Å². The van der Waals surface area contributed by atoms with Crippen LogP contribution in [0.15, 0.2) is 39.5 Å². The van der Waals surface area contributed by atoms with Gasteiger partial charge in [-0.1, -0.05) is 0 Å². The summed E-state index contributed by atoms with van der Waals surface area (Å²) in [5.74, 6) is -1.71. The van der Waals surface area contributed by atoms with Crippen LogP contribution in [0.1, 0.15) is 6.92 Å². The van der Waals surface area contributed by atoms with E-state index in [1.165, 1.54) is 38.3 Å². The second kappa shape index (κ2) is 8.45. The highest BCUT2D eigenvalue weighted by Gasteiger charge is 2.43. The van der Waals surface area contributed by atoms with Crippen molar-refractivity contribution in [2.75, 3.05) is 7.11 Å². The molecular formula is C22H22O11. The third kappa shape index (κ3) is 3.91. The van der Waals surface area contributed by atoms with E-state index in [9.17, 15) is 35.4 Å². The van der Waals surface area contributed by atoms with Crippen molar-refractivity contribution >= 4 is 11.0 Å². The van der Waals surface area contributed by atoms with Crippen LogP contribution in [0.2, 0.25) is 0 Å². The Labute approximate surface area is 186 Å². The van der Waals surface area contributed by atoms with E-state index in [4.69, 9.17) is 18.6 Å². The normalized spacial score (nSPS) is 25.2. The van der Waals surface area contributed by atoms with Crippen LogP contribution < -0.4 is 14.9 Å². The lowest BCUT2D eigenvalue weighted by Gasteiger charge is -2.38. The molecule has 3 aromatic rings. The van der Waals surface area contributed by atoms with Crippen LogP contribution in [0.25, 0.3) is 22.3 Å². The third-order valence-corrected chi connectivity index (χ3v) is 5.41. The number of aliphatic hydroxyl groups is 3. The maximum absolute atomic E-state index is 13.0. The molecule has 1 fully saturated rings. The van der Waals surface area contributed by atoms with E-state index in [0.717, 1.165) is 6.07 Å². The van der Waals surface area contributed by atoms with Crippen molar-refractivity contribution in [3.05, 3.63) is 40.6 Å². The molecule has 0 aliphatic carbocycles. The van der Waals surface area contributed by atoms with E-state index in [-0.39, 0.29) is 39.5 Å². The predicted octanol–water partition coefficient (Wildman–Crippen LogP) is 0.792. The molecule has 0 saturated carbocycles. The van der Waals surface area contributed by atoms with Gasteiger partial charge in [-0.05, 0) is 25.1 Å². The molecule has 11 nitrogen and oxygen atoms in total. The molecule has 0 bridgehead atoms. The van der Waals surface area contributed by atoms with Crippen molar-refractivity contribution in [1.29, 1.82) is 0 Å². The van der Waals surface area contributed by atoms with Gasteiger partial charge in [-0.15, -0.1) is 0 Å². The zero-order valence-electron chi connectivity index (χ0n) is 17.5. The molecule has 0 radical (unpaired) electrons. The van der Waals surface area contributed by atoms with Gasteiger partial charge in [0.15, 0.2) is 17.3 Å². The summed E-state index contributed by atoms with van der Waals surface area (Å²) < 4.78 is 21.9. The molecule has 2 aromatic carbocycles. The smallest absolute Gasteiger partial charge is 0.239 e. The number of methoxy groups -OCH3 is 1. The molecule has 1 aliphatic heterocycles. The number of aromatic hydroxyl groups is 3. The first-order valence-electron chi connectivity index (χ1n) is 9.88. The Balaban J connectivity index is 1.80. The second-order valence-electron chi connectivity index (χ2n) is 7.61. The number of hydrogen-bond acceptors (Lipinski definition) is 11. The van der Waals surface area contributed by atoms with Gasteiger partial charge in [0.05, 0.1) is 13.2 Å². The minimum atomic E-state index is -1.59. The van der Waals surface area contributed by atoms with Crippen LogP contribution >= 0.6 is 0 Å². The van der Waals surface area contributed by atoms with Crippen LogP contribution in [0.5, 0.6) is 28.7 Å². The average Bonchev–Trinajstić information content (AvgIpc) is 2.77. The molecule has 0 spiro atoms. The summed E-state index contributed by atoms with van der Waals surface area (Å²) in [5, 5.41) is 59.6. The summed E-state index contributed by atoms with van der Waals surface area (Å²) in [6, 6.07) is 6.12. The molecule has 1 saturated heterocycles. The number of hydrogen-bond donors (Lipinski definition) is 6. The fraction of sp³-hybridized carbons (Fsp3) is 0.318. The van der Waals surface area contributed by atoms with Crippen molar-refractivity contribution in [3.8, 4) is 40.1 Å². The van der Waals surface area contributed by atoms with E-state index in [2.05, 4.69) is 0 Å². The largest absolute Gasteiger partial charge is 0.507 e. The molecule has 33 heavy (non-hydrogen) atoms. The highest BCUT2D eigenvalue weighted by atomic mass is 16.7. The fourth-order valence-electron chi connectivity index (χ4n) is 3.61. The van der Waals surface area contributed by atoms with E-state index >= 15 is 0 Å². The van der Waals surface area contributed by atoms with Gasteiger partial charge >= 0.3 is 0 Å². The summed E-state index contributed by atoms with van der Waals surface area (Å²) in [4.78, 5) is 13.0. The lowest BCUT2D eigenvalue weighted by Crippen LogP contribution is -2.58. The standard InChI is InChI=1S/C22H22O11/c1-8-16(26)18(28)19(29)22(31-8)32-10-6-13(25)15-14(7-10)33-20(21(30-2)17(15)27)9-3-4-11(23)12(24)5-9/h3-8,16,18-19,22-26,28-29H,1-2H3/t8-,16-,18-,19+,22-/m0/s1. The number of benzene rings is 2. The monoisotopic (exact) mass is 462 g/mol. The molecule has 0 unspecified atom stereocenters. The number of ether oxygens (including phenoxy) is 3. The number of aliphatic hydroxyl groups excluding tert-OH is 3. The first-order chi connectivity index (χ1) is 15.6. The van der Waals surface area contributed by atoms with Crippen LogP contribution in [0.4, 0.5) is 0 Å². The Morgan fingerprint density at radius 1 is 0.909 bits per heavy atom. The van der Waals surface area contributed by atoms with Crippen molar-refractivity contribution in [2.24, 2.45) is 0 Å². The van der Waals surface area contributed by atoms with Gasteiger partial charge in [0, 0.05) is 17.7 Å². The molecule has 2 heterocycles. The molecule has 6 N–H and O–H groups in total. The maximum Gasteiger partial charge on any atom is 0.239 e. The molecule has 11 heteroatoms. The molecule has 0 amide bonds. The van der Waals surface area contributed by atoms with E-state index in [1.54, 1.807) is 0 Å². The number of rotatable bonds is 4. The van der Waals surface area contributed by atoms with Gasteiger partial charge in [0.1, 0.15) is 40.8 Å². The van der Waals surface area contributed by atoms with Crippen molar-refractivity contribution in [1.82, 2.24) is 0 Å². The Morgan fingerprint density at radius 2 is 1.64 bits per heavy atom. The Bertz CT molecular complexity index is 1250. The van der Waals surface area contributed by atoms with Crippen molar-refractivity contribution in [3.63, 3.8) is 0 Å². The van der Waals surface area contributed by atoms with Crippen LogP contribution in [-0.4, -0.2) is 68.5 Å². The molecular weight excluding hydrogens is 440 g/mol. The van der Waals surface area contributed by atoms with Crippen LogP contribution in [-0.2, 0) is 4.74 Å². The Hall–Kier alpha value is -3.51. The zero-order chi connectivity index (χ0) is 24.0. The van der Waals surface area contributed by atoms with Gasteiger partial charge < -0.3 is 49.3 Å². The topological polar surface area (TPSA) is 179 Å². The van der Waals surface area contributed by atoms with Gasteiger partial charge in [0.2, 0.25) is 17.5 Å². The maximum atomic E-state index is 13.0. The highest BCUT2D eigenvalue weighted by molar-refractivity contribution is 5.88. The lowest BCUT2D eigenvalue weighted by molar-refractivity contribution is -0.268. The third-order valence-electron chi connectivity index (χ3n) is 5.41. The number of phenolic OH excluding ortho intramolecular Hbond substituents is 3. The van der Waals surface area contributed by atoms with E-state index in [1.807, 2.05) is 0 Å². The Morgan fingerprint density at radius 3 is 2.30 bits per heavy atom. The zero-order valence-corrected chi connectivity index (χ0v) is 17.5. The summed E-state index contributed by atoms with van der Waals surface area (Å²) in [6.07, 6.45) is -6.66. The molecule has 5 atom stereocenters. The molecule has 176 valence electrons. The predicted molar refractivity (Wildman–Crippen MR) is 112 cm³/mol. The van der Waals surface area contributed by atoms with Crippen LogP contribution in [0, 0.1) is 0 Å². The molecule has 1 aromatic heterocycles. The number of fused-ring (bicyclic) bond motifs is 1. The Kier molecular flexibility index (Phi) is 5.80. The van der Waals surface area contributed by atoms with E-state index < -0.39 is 47.6 Å². The quantitative estimate of drug-likeness (QED) is 0.302. The average molecular weight is 462 g/mol. The SMILES string of the molecule is COc1c(-c2ccc(O)c(O)c2)oc2cc(O[C@@H]3O[C@@H](C)[C@H](O)[C@H](O)[C@H]3O)cc(O)c2c1=O. The minimum Gasteiger partial charge on any atom is -0.507 e. The van der Waals surface area contributed by atoms with E-state index in [0.29, 0.717) is 0 Å². The fourth-order valence-corrected chi connectivity index (χ4v) is 3.61. The van der Waals surface area contributed by atoms with Crippen molar-refractivity contribution in [2.45, 2.75) is 37.6 Å². The summed E-state index contributed by atoms with van der Waals surface area (Å²) in [6.45, 7) is 1.48. The van der Waals surface area contributed by atoms with Gasteiger partial charge in [-0.3, -0.25) is 4.79 Å². The summed E-state index contributed by atoms with van der Waals surface area (Å²) in [7, 11) is 1.24. The number of phenols is 3. The highest BCUT2D eigenvalue weighted by Crippen LogP contribution is 2.38. The van der Waals surface area contributed by atoms with Crippen LogP contribution in [0.3, 0.4) is 0 Å². The van der Waals surface area contributed by atoms with Gasteiger partial charge in [-0.2, -0.15) is 0 Å². The lowest BCUT2D eigenvalue weighted by atomic mass is 10.00. The first kappa shape index (κ1) is 22.7. The summed E-state index contributed by atoms with van der Waals surface area (Å²) in [5.41, 5.74) is -0.604. The summed E-state index contributed by atoms with van der Waals surface area (Å²) >= 11 is 0. The van der Waals surface area contributed by atoms with Crippen molar-refractivity contribution < 1.29 is 49.3 Å². The van der Waals surface area contributed by atoms with Gasteiger partial charge in [0.25, 0.3) is 0 Å². The minimum absolute atomic E-state index is 0.0624. The molecule has 1 aliphatic rings. The second-order valence-corrected chi connectivity index (χ2v) is 7.61.